The van der Waals surface area contributed by atoms with Crippen LogP contribution in [-0.4, -0.2) is 44.3 Å². The molecule has 0 atom stereocenters. The lowest BCUT2D eigenvalue weighted by Gasteiger charge is -2.23. The largest absolute Gasteiger partial charge is 0.870 e. The van der Waals surface area contributed by atoms with Crippen LogP contribution in [0.4, 0.5) is 0 Å². The third kappa shape index (κ3) is 7.08. The van der Waals surface area contributed by atoms with Crippen molar-refractivity contribution in [3.63, 3.8) is 0 Å². The Morgan fingerprint density at radius 3 is 2.20 bits per heavy atom. The first-order valence-corrected chi connectivity index (χ1v) is 5.00. The van der Waals surface area contributed by atoms with Gasteiger partial charge in [-0.25, -0.2) is 0 Å². The average Bonchev–Trinajstić information content (AvgIpc) is 2.13. The van der Waals surface area contributed by atoms with Gasteiger partial charge in [-0.3, -0.25) is 0 Å². The third-order valence-corrected chi connectivity index (χ3v) is 2.02. The highest BCUT2D eigenvalue weighted by Gasteiger charge is 2.05. The molecule has 0 unspecified atom stereocenters. The maximum atomic E-state index is 5.58. The van der Waals surface area contributed by atoms with Crippen LogP contribution in [0.5, 0.6) is 0 Å². The van der Waals surface area contributed by atoms with Gasteiger partial charge in [0.25, 0.3) is 0 Å². The van der Waals surface area contributed by atoms with Crippen LogP contribution < -0.4 is 0 Å². The minimum absolute atomic E-state index is 0. The lowest BCUT2D eigenvalue weighted by molar-refractivity contribution is -0.870. The number of benzene rings is 1. The van der Waals surface area contributed by atoms with E-state index in [1.165, 1.54) is 5.56 Å². The summed E-state index contributed by atoms with van der Waals surface area (Å²) in [7, 11) is 6.52. The molecule has 0 aliphatic heterocycles. The van der Waals surface area contributed by atoms with Crippen LogP contribution in [0.1, 0.15) is 5.56 Å². The summed E-state index contributed by atoms with van der Waals surface area (Å²) >= 11 is 0. The second kappa shape index (κ2) is 6.56. The predicted octanol–water partition coefficient (Wildman–Crippen LogP) is 1.73. The zero-order valence-corrected chi connectivity index (χ0v) is 9.81. The molecule has 0 heterocycles. The van der Waals surface area contributed by atoms with Crippen molar-refractivity contribution in [3.8, 4) is 0 Å². The van der Waals surface area contributed by atoms with Crippen molar-refractivity contribution in [1.29, 1.82) is 0 Å². The topological polar surface area (TPSA) is 39.2 Å². The zero-order valence-electron chi connectivity index (χ0n) is 9.81. The van der Waals surface area contributed by atoms with Crippen LogP contribution in [0.25, 0.3) is 0 Å². The summed E-state index contributed by atoms with van der Waals surface area (Å²) in [6, 6.07) is 10.3. The summed E-state index contributed by atoms with van der Waals surface area (Å²) in [4.78, 5) is 0. The van der Waals surface area contributed by atoms with E-state index in [9.17, 15) is 0 Å². The van der Waals surface area contributed by atoms with Gasteiger partial charge in [-0.15, -0.1) is 0 Å². The molecular formula is C12H21NO2. The Labute approximate surface area is 92.2 Å². The van der Waals surface area contributed by atoms with Crippen molar-refractivity contribution in [3.05, 3.63) is 35.9 Å². The van der Waals surface area contributed by atoms with E-state index in [4.69, 9.17) is 4.74 Å². The second-order valence-corrected chi connectivity index (χ2v) is 4.55. The molecular weight excluding hydrogens is 190 g/mol. The van der Waals surface area contributed by atoms with Gasteiger partial charge in [-0.05, 0) is 5.56 Å². The highest BCUT2D eigenvalue weighted by atomic mass is 16.5. The quantitative estimate of drug-likeness (QED) is 0.549. The Kier molecular flexibility index (Phi) is 6.17. The maximum Gasteiger partial charge on any atom is 0.102 e. The molecule has 1 aromatic rings. The van der Waals surface area contributed by atoms with Crippen molar-refractivity contribution >= 4 is 0 Å². The fourth-order valence-corrected chi connectivity index (χ4v) is 1.10. The van der Waals surface area contributed by atoms with E-state index in [1.807, 2.05) is 18.2 Å². The smallest absolute Gasteiger partial charge is 0.102 e. The molecule has 0 radical (unpaired) electrons. The van der Waals surface area contributed by atoms with Crippen molar-refractivity contribution < 1.29 is 14.7 Å². The average molecular weight is 211 g/mol. The van der Waals surface area contributed by atoms with Gasteiger partial charge in [0.1, 0.15) is 6.54 Å². The summed E-state index contributed by atoms with van der Waals surface area (Å²) < 4.78 is 6.53. The number of hydrogen-bond donors (Lipinski definition) is 0. The number of quaternary nitrogens is 1. The molecule has 1 rings (SSSR count). The standard InChI is InChI=1S/C12H20NO.H2O/c1-13(2,3)9-10-14-11-12-7-5-4-6-8-12;/h4-8H,9-11H2,1-3H3;1H2/q+1;/p-1. The zero-order chi connectivity index (χ0) is 10.4. The number of hydrogen-bond acceptors (Lipinski definition) is 2. The van der Waals surface area contributed by atoms with Crippen molar-refractivity contribution in [2.24, 2.45) is 0 Å². The highest BCUT2D eigenvalue weighted by molar-refractivity contribution is 5.13. The van der Waals surface area contributed by atoms with Crippen LogP contribution in [0.3, 0.4) is 0 Å². The SMILES string of the molecule is C[N+](C)(C)CCOCc1ccccc1.[OH-]. The Morgan fingerprint density at radius 1 is 1.07 bits per heavy atom. The maximum absolute atomic E-state index is 5.58. The summed E-state index contributed by atoms with van der Waals surface area (Å²) in [6.07, 6.45) is 0. The van der Waals surface area contributed by atoms with E-state index < -0.39 is 0 Å². The monoisotopic (exact) mass is 211 g/mol. The Bertz CT molecular complexity index is 254. The molecule has 0 fully saturated rings. The number of rotatable bonds is 5. The normalized spacial score (nSPS) is 10.9. The van der Waals surface area contributed by atoms with Crippen LogP contribution in [0.2, 0.25) is 0 Å². The van der Waals surface area contributed by atoms with Crippen LogP contribution in [0, 0.1) is 0 Å². The molecule has 0 spiro atoms. The van der Waals surface area contributed by atoms with Crippen LogP contribution in [-0.2, 0) is 11.3 Å². The molecule has 86 valence electrons. The highest BCUT2D eigenvalue weighted by Crippen LogP contribution is 2.00. The molecule has 3 heteroatoms. The van der Waals surface area contributed by atoms with E-state index in [2.05, 4.69) is 33.3 Å². The van der Waals surface area contributed by atoms with E-state index in [0.717, 1.165) is 24.2 Å². The van der Waals surface area contributed by atoms with Crippen molar-refractivity contribution in [2.45, 2.75) is 6.61 Å². The first-order chi connectivity index (χ1) is 6.58. The molecule has 0 aliphatic carbocycles. The summed E-state index contributed by atoms with van der Waals surface area (Å²) in [5.74, 6) is 0. The predicted molar refractivity (Wildman–Crippen MR) is 60.9 cm³/mol. The Balaban J connectivity index is 0.00000196. The number of likely N-dealkylation sites (N-methyl/N-ethyl adjacent to an activating group) is 1. The molecule has 3 nitrogen and oxygen atoms in total. The molecule has 0 bridgehead atoms. The fraction of sp³-hybridized carbons (Fsp3) is 0.500. The molecule has 15 heavy (non-hydrogen) atoms. The summed E-state index contributed by atoms with van der Waals surface area (Å²) in [5.41, 5.74) is 1.24. The molecule has 0 saturated heterocycles. The summed E-state index contributed by atoms with van der Waals surface area (Å²) in [6.45, 7) is 2.59. The molecule has 1 aromatic carbocycles. The van der Waals surface area contributed by atoms with Gasteiger partial charge in [-0.1, -0.05) is 30.3 Å². The van der Waals surface area contributed by atoms with Gasteiger partial charge in [0.05, 0.1) is 34.4 Å². The van der Waals surface area contributed by atoms with Gasteiger partial charge in [0.15, 0.2) is 0 Å². The lowest BCUT2D eigenvalue weighted by Crippen LogP contribution is -2.37. The minimum Gasteiger partial charge on any atom is -0.870 e. The number of nitrogens with zero attached hydrogens (tertiary/aromatic N) is 1. The molecule has 0 aromatic heterocycles. The third-order valence-electron chi connectivity index (χ3n) is 2.02. The fourth-order valence-electron chi connectivity index (χ4n) is 1.10. The van der Waals surface area contributed by atoms with Crippen molar-refractivity contribution in [2.75, 3.05) is 34.3 Å². The lowest BCUT2D eigenvalue weighted by atomic mass is 10.2. The van der Waals surface area contributed by atoms with Crippen LogP contribution in [0.15, 0.2) is 30.3 Å². The van der Waals surface area contributed by atoms with E-state index >= 15 is 0 Å². The van der Waals surface area contributed by atoms with Crippen LogP contribution >= 0.6 is 0 Å². The molecule has 0 amide bonds. The van der Waals surface area contributed by atoms with Gasteiger partial charge in [0.2, 0.25) is 0 Å². The Hall–Kier alpha value is -0.900. The molecule has 0 aliphatic rings. The summed E-state index contributed by atoms with van der Waals surface area (Å²) in [5, 5.41) is 0. The Morgan fingerprint density at radius 2 is 1.67 bits per heavy atom. The van der Waals surface area contributed by atoms with Gasteiger partial charge in [-0.2, -0.15) is 0 Å². The van der Waals surface area contributed by atoms with Gasteiger partial charge in [0, 0.05) is 0 Å². The van der Waals surface area contributed by atoms with Crippen molar-refractivity contribution in [1.82, 2.24) is 0 Å². The van der Waals surface area contributed by atoms with E-state index in [1.54, 1.807) is 0 Å². The first kappa shape index (κ1) is 14.1. The number of ether oxygens (including phenoxy) is 1. The molecule has 1 N–H and O–H groups in total. The van der Waals surface area contributed by atoms with E-state index in [-0.39, 0.29) is 5.48 Å². The molecule has 0 saturated carbocycles. The minimum atomic E-state index is 0. The van der Waals surface area contributed by atoms with E-state index in [0.29, 0.717) is 0 Å². The second-order valence-electron chi connectivity index (χ2n) is 4.55. The first-order valence-electron chi connectivity index (χ1n) is 5.00. The van der Waals surface area contributed by atoms with Gasteiger partial charge >= 0.3 is 0 Å². The van der Waals surface area contributed by atoms with Gasteiger partial charge < -0.3 is 14.7 Å².